The van der Waals surface area contributed by atoms with E-state index in [1.54, 1.807) is 30.3 Å². The maximum atomic E-state index is 13.5. The molecule has 0 amide bonds. The summed E-state index contributed by atoms with van der Waals surface area (Å²) < 4.78 is 80.7. The van der Waals surface area contributed by atoms with Gasteiger partial charge in [-0.2, -0.15) is 26.3 Å². The molecule has 0 saturated heterocycles. The van der Waals surface area contributed by atoms with Crippen LogP contribution >= 0.6 is 0 Å². The molecule has 1 aromatic heterocycles. The van der Waals surface area contributed by atoms with Gasteiger partial charge in [-0.25, -0.2) is 4.98 Å². The van der Waals surface area contributed by atoms with E-state index in [1.807, 2.05) is 0 Å². The van der Waals surface area contributed by atoms with Crippen LogP contribution in [0.5, 0.6) is 0 Å². The highest BCUT2D eigenvalue weighted by Crippen LogP contribution is 2.50. The van der Waals surface area contributed by atoms with E-state index in [0.29, 0.717) is 17.7 Å². The van der Waals surface area contributed by atoms with Crippen molar-refractivity contribution in [2.45, 2.75) is 24.4 Å². The van der Waals surface area contributed by atoms with E-state index in [9.17, 15) is 41.0 Å². The number of rotatable bonds is 5. The number of nitrogens with zero attached hydrogens (tertiary/aromatic N) is 2. The number of aliphatic hydroxyl groups is 1. The SMILES string of the molecule is O=C([OH2+])c1ccc2nc(Cc3ccccc3)n(-c3ccc(C(O)(C(F)(F)F)C(F)(F)F)cc3)c(=O)c2c1. The number of carbonyl (C=O) groups excluding carboxylic acids is 1. The van der Waals surface area contributed by atoms with Crippen LogP contribution in [0.15, 0.2) is 77.6 Å². The van der Waals surface area contributed by atoms with Crippen molar-refractivity contribution >= 4 is 16.9 Å². The largest absolute Gasteiger partial charge is 0.561 e. The maximum Gasteiger partial charge on any atom is 0.549 e. The molecule has 0 bridgehead atoms. The zero-order valence-electron chi connectivity index (χ0n) is 18.6. The Morgan fingerprint density at radius 3 is 2.03 bits per heavy atom. The van der Waals surface area contributed by atoms with Gasteiger partial charge in [0.2, 0.25) is 0 Å². The minimum absolute atomic E-state index is 0.0714. The third-order valence-electron chi connectivity index (χ3n) is 5.77. The molecular formula is C25H17F6N2O4+. The van der Waals surface area contributed by atoms with Gasteiger partial charge in [-0.3, -0.25) is 9.36 Å². The van der Waals surface area contributed by atoms with Gasteiger partial charge in [-0.1, -0.05) is 42.5 Å². The van der Waals surface area contributed by atoms with Crippen molar-refractivity contribution in [3.8, 4) is 5.69 Å². The Balaban J connectivity index is 1.93. The molecule has 12 heteroatoms. The fraction of sp³-hybridized carbons (Fsp3) is 0.160. The van der Waals surface area contributed by atoms with Crippen LogP contribution in [0.2, 0.25) is 0 Å². The quantitative estimate of drug-likeness (QED) is 0.314. The van der Waals surface area contributed by atoms with Crippen molar-refractivity contribution in [3.63, 3.8) is 0 Å². The normalized spacial score (nSPS) is 12.6. The minimum atomic E-state index is -6.06. The van der Waals surface area contributed by atoms with E-state index >= 15 is 0 Å². The van der Waals surface area contributed by atoms with Crippen LogP contribution < -0.4 is 5.56 Å². The first-order valence-corrected chi connectivity index (χ1v) is 10.6. The Hall–Kier alpha value is -4.19. The predicted molar refractivity (Wildman–Crippen MR) is 121 cm³/mol. The van der Waals surface area contributed by atoms with Crippen molar-refractivity contribution in [2.24, 2.45) is 0 Å². The maximum absolute atomic E-state index is 13.5. The monoisotopic (exact) mass is 523 g/mol. The topological polar surface area (TPSA) is 95.1 Å². The van der Waals surface area contributed by atoms with Crippen LogP contribution in [0.3, 0.4) is 0 Å². The van der Waals surface area contributed by atoms with Crippen LogP contribution in [-0.4, -0.2) is 38.1 Å². The molecule has 192 valence electrons. The average Bonchev–Trinajstić information content (AvgIpc) is 2.83. The summed E-state index contributed by atoms with van der Waals surface area (Å²) in [6, 6.07) is 15.0. The van der Waals surface area contributed by atoms with Crippen LogP contribution in [0.25, 0.3) is 16.6 Å². The van der Waals surface area contributed by atoms with Crippen molar-refractivity contribution in [2.75, 3.05) is 0 Å². The fourth-order valence-electron chi connectivity index (χ4n) is 3.88. The molecule has 0 spiro atoms. The highest BCUT2D eigenvalue weighted by molar-refractivity contribution is 5.93. The summed E-state index contributed by atoms with van der Waals surface area (Å²) in [5.74, 6) is -0.951. The molecule has 4 rings (SSSR count). The molecule has 0 radical (unpaired) electrons. The molecule has 0 atom stereocenters. The first kappa shape index (κ1) is 25.9. The van der Waals surface area contributed by atoms with Gasteiger partial charge in [0, 0.05) is 16.8 Å². The number of alkyl halides is 6. The molecule has 0 unspecified atom stereocenters. The fourth-order valence-corrected chi connectivity index (χ4v) is 3.88. The van der Waals surface area contributed by atoms with Gasteiger partial charge >= 0.3 is 18.3 Å². The first-order chi connectivity index (χ1) is 17.2. The van der Waals surface area contributed by atoms with E-state index in [4.69, 9.17) is 5.11 Å². The summed E-state index contributed by atoms with van der Waals surface area (Å²) in [7, 11) is 0. The average molecular weight is 523 g/mol. The second kappa shape index (κ2) is 9.04. The molecule has 3 N–H and O–H groups in total. The van der Waals surface area contributed by atoms with E-state index in [1.165, 1.54) is 12.1 Å². The number of aromatic nitrogens is 2. The predicted octanol–water partition coefficient (Wildman–Crippen LogP) is 4.15. The van der Waals surface area contributed by atoms with E-state index < -0.39 is 35.0 Å². The second-order valence-corrected chi connectivity index (χ2v) is 8.14. The smallest absolute Gasteiger partial charge is 0.549 e. The van der Waals surface area contributed by atoms with E-state index in [2.05, 4.69) is 4.98 Å². The molecule has 0 fully saturated rings. The molecule has 0 aliphatic rings. The summed E-state index contributed by atoms with van der Waals surface area (Å²) >= 11 is 0. The lowest BCUT2D eigenvalue weighted by Crippen LogP contribution is -2.53. The summed E-state index contributed by atoms with van der Waals surface area (Å²) in [6.45, 7) is 0. The molecule has 0 aliphatic carbocycles. The second-order valence-electron chi connectivity index (χ2n) is 8.14. The number of benzene rings is 3. The van der Waals surface area contributed by atoms with Crippen molar-refractivity contribution < 1.29 is 41.4 Å². The number of fused-ring (bicyclic) bond motifs is 1. The molecule has 4 aromatic rings. The number of halogens is 6. The Bertz CT molecular complexity index is 1510. The molecule has 6 nitrogen and oxygen atoms in total. The third kappa shape index (κ3) is 4.55. The lowest BCUT2D eigenvalue weighted by atomic mass is 9.92. The number of carbonyl (C=O) groups is 1. The third-order valence-corrected chi connectivity index (χ3v) is 5.77. The van der Waals surface area contributed by atoms with Gasteiger partial charge in [-0.15, -0.1) is 0 Å². The van der Waals surface area contributed by atoms with Crippen LogP contribution in [0.1, 0.15) is 27.3 Å². The molecule has 0 saturated carbocycles. The van der Waals surface area contributed by atoms with E-state index in [0.717, 1.165) is 22.8 Å². The summed E-state index contributed by atoms with van der Waals surface area (Å²) in [5, 5.41) is 16.9. The van der Waals surface area contributed by atoms with E-state index in [-0.39, 0.29) is 34.4 Å². The van der Waals surface area contributed by atoms with Gasteiger partial charge in [0.05, 0.1) is 16.6 Å². The summed E-state index contributed by atoms with van der Waals surface area (Å²) in [6.07, 6.45) is -12.1. The molecule has 0 aliphatic heterocycles. The lowest BCUT2D eigenvalue weighted by Gasteiger charge is -2.32. The summed E-state index contributed by atoms with van der Waals surface area (Å²) in [5.41, 5.74) is -6.70. The number of hydrogen-bond donors (Lipinski definition) is 1. The Kier molecular flexibility index (Phi) is 6.32. The highest BCUT2D eigenvalue weighted by Gasteiger charge is 2.71. The zero-order chi connectivity index (χ0) is 27.2. The molecule has 37 heavy (non-hydrogen) atoms. The Morgan fingerprint density at radius 2 is 1.49 bits per heavy atom. The van der Waals surface area contributed by atoms with Crippen LogP contribution in [0.4, 0.5) is 26.3 Å². The Morgan fingerprint density at radius 1 is 0.892 bits per heavy atom. The van der Waals surface area contributed by atoms with Gasteiger partial charge in [0.15, 0.2) is 0 Å². The minimum Gasteiger partial charge on any atom is -0.561 e. The zero-order valence-corrected chi connectivity index (χ0v) is 18.6. The van der Waals surface area contributed by atoms with Crippen molar-refractivity contribution in [1.29, 1.82) is 0 Å². The van der Waals surface area contributed by atoms with Gasteiger partial charge in [0.25, 0.3) is 11.2 Å². The standard InChI is InChI=1S/C25H16F6N2O4/c26-24(27,28)23(37,25(29,30)31)16-7-9-17(10-8-16)33-20(12-14-4-2-1-3-5-14)32-19-11-6-15(22(35)36)13-18(19)21(33)34/h1-11,13,37H,12H2,(H,35,36)/p+1. The molecular weight excluding hydrogens is 506 g/mol. The highest BCUT2D eigenvalue weighted by atomic mass is 19.4. The number of hydrogen-bond acceptors (Lipinski definition) is 4. The first-order valence-electron chi connectivity index (χ1n) is 10.6. The van der Waals surface area contributed by atoms with Crippen LogP contribution in [0, 0.1) is 0 Å². The van der Waals surface area contributed by atoms with Gasteiger partial charge in [-0.05, 0) is 35.9 Å². The summed E-state index contributed by atoms with van der Waals surface area (Å²) in [4.78, 5) is 29.4. The van der Waals surface area contributed by atoms with Crippen molar-refractivity contribution in [1.82, 2.24) is 9.55 Å². The molecule has 1 heterocycles. The Labute approximate surface area is 204 Å². The van der Waals surface area contributed by atoms with Crippen molar-refractivity contribution in [3.05, 3.63) is 106 Å². The lowest BCUT2D eigenvalue weighted by molar-refractivity contribution is -0.376. The van der Waals surface area contributed by atoms with Gasteiger partial charge in [0.1, 0.15) is 11.4 Å². The van der Waals surface area contributed by atoms with Gasteiger partial charge < -0.3 is 10.2 Å². The van der Waals surface area contributed by atoms with Crippen LogP contribution in [-0.2, 0) is 12.0 Å². The molecule has 3 aromatic carbocycles.